The molecular formula is C22H21N3O3S. The van der Waals surface area contributed by atoms with E-state index in [1.807, 2.05) is 49.4 Å². The van der Waals surface area contributed by atoms with Crippen LogP contribution >= 0.6 is 11.3 Å². The molecule has 1 aliphatic rings. The number of carbonyl (C=O) groups excluding carboxylic acids is 2. The molecule has 2 aromatic carbocycles. The van der Waals surface area contributed by atoms with E-state index in [1.165, 1.54) is 11.3 Å². The van der Waals surface area contributed by atoms with E-state index in [9.17, 15) is 9.59 Å². The Bertz CT molecular complexity index is 1040. The predicted octanol–water partition coefficient (Wildman–Crippen LogP) is 4.77. The van der Waals surface area contributed by atoms with Crippen molar-refractivity contribution in [2.75, 3.05) is 10.6 Å². The molecule has 0 saturated heterocycles. The summed E-state index contributed by atoms with van der Waals surface area (Å²) in [4.78, 5) is 28.7. The standard InChI is InChI=1S/C22H21N3O3S/c1-14-5-4-6-17(11-14)28-19-8-3-2-7-18(19)24-20(26)12-16-13-29-22(23-16)25-21(27)15-9-10-15/h2-8,11,13,15H,9-10,12H2,1H3,(H,24,26)(H,23,25,27). The maximum Gasteiger partial charge on any atom is 0.230 e. The number of nitrogens with one attached hydrogen (secondary N) is 2. The fraction of sp³-hybridized carbons (Fsp3) is 0.227. The number of para-hydroxylation sites is 2. The Morgan fingerprint density at radius 1 is 1.14 bits per heavy atom. The molecule has 1 saturated carbocycles. The van der Waals surface area contributed by atoms with E-state index in [2.05, 4.69) is 15.6 Å². The number of carbonyl (C=O) groups is 2. The highest BCUT2D eigenvalue weighted by Gasteiger charge is 2.30. The SMILES string of the molecule is Cc1cccc(Oc2ccccc2NC(=O)Cc2csc(NC(=O)C3CC3)n2)c1. The first-order chi connectivity index (χ1) is 14.1. The van der Waals surface area contributed by atoms with Gasteiger partial charge in [0.15, 0.2) is 10.9 Å². The highest BCUT2D eigenvalue weighted by molar-refractivity contribution is 7.13. The van der Waals surface area contributed by atoms with Crippen LogP contribution < -0.4 is 15.4 Å². The van der Waals surface area contributed by atoms with Gasteiger partial charge in [-0.3, -0.25) is 9.59 Å². The van der Waals surface area contributed by atoms with Crippen molar-refractivity contribution in [1.29, 1.82) is 0 Å². The first-order valence-corrected chi connectivity index (χ1v) is 10.3. The minimum atomic E-state index is -0.198. The third-order valence-electron chi connectivity index (χ3n) is 4.45. The van der Waals surface area contributed by atoms with Crippen molar-refractivity contribution in [1.82, 2.24) is 4.98 Å². The molecule has 1 aliphatic carbocycles. The summed E-state index contributed by atoms with van der Waals surface area (Å²) >= 11 is 1.33. The Labute approximate surface area is 172 Å². The quantitative estimate of drug-likeness (QED) is 0.591. The lowest BCUT2D eigenvalue weighted by Crippen LogP contribution is -2.16. The lowest BCUT2D eigenvalue weighted by atomic mass is 10.2. The van der Waals surface area contributed by atoms with Crippen LogP contribution in [0.5, 0.6) is 11.5 Å². The number of ether oxygens (including phenoxy) is 1. The summed E-state index contributed by atoms with van der Waals surface area (Å²) in [7, 11) is 0. The zero-order valence-electron chi connectivity index (χ0n) is 16.0. The molecule has 29 heavy (non-hydrogen) atoms. The molecule has 2 N–H and O–H groups in total. The van der Waals surface area contributed by atoms with Gasteiger partial charge < -0.3 is 15.4 Å². The molecule has 0 radical (unpaired) electrons. The second kappa shape index (κ2) is 8.45. The molecule has 4 rings (SSSR count). The second-order valence-electron chi connectivity index (χ2n) is 7.05. The van der Waals surface area contributed by atoms with Crippen LogP contribution in [-0.2, 0) is 16.0 Å². The van der Waals surface area contributed by atoms with Crippen LogP contribution in [0, 0.1) is 12.8 Å². The van der Waals surface area contributed by atoms with Gasteiger partial charge in [-0.05, 0) is 49.6 Å². The lowest BCUT2D eigenvalue weighted by Gasteiger charge is -2.12. The molecular weight excluding hydrogens is 386 g/mol. The van der Waals surface area contributed by atoms with E-state index in [-0.39, 0.29) is 24.2 Å². The Balaban J connectivity index is 1.38. The Morgan fingerprint density at radius 3 is 2.76 bits per heavy atom. The van der Waals surface area contributed by atoms with Gasteiger partial charge in [-0.2, -0.15) is 0 Å². The minimum Gasteiger partial charge on any atom is -0.455 e. The second-order valence-corrected chi connectivity index (χ2v) is 7.91. The molecule has 1 fully saturated rings. The predicted molar refractivity (Wildman–Crippen MR) is 113 cm³/mol. The summed E-state index contributed by atoms with van der Waals surface area (Å²) in [5.74, 6) is 1.22. The molecule has 6 nitrogen and oxygen atoms in total. The molecule has 0 aliphatic heterocycles. The number of aryl methyl sites for hydroxylation is 1. The van der Waals surface area contributed by atoms with E-state index in [1.54, 1.807) is 11.4 Å². The van der Waals surface area contributed by atoms with E-state index in [4.69, 9.17) is 4.74 Å². The normalized spacial score (nSPS) is 13.0. The molecule has 0 unspecified atom stereocenters. The summed E-state index contributed by atoms with van der Waals surface area (Å²) in [6, 6.07) is 15.0. The Kier molecular flexibility index (Phi) is 5.57. The summed E-state index contributed by atoms with van der Waals surface area (Å²) in [5, 5.41) is 8.01. The number of rotatable bonds is 7. The van der Waals surface area contributed by atoms with E-state index >= 15 is 0 Å². The van der Waals surface area contributed by atoms with Gasteiger partial charge in [0.2, 0.25) is 11.8 Å². The average Bonchev–Trinajstić information content (AvgIpc) is 3.45. The van der Waals surface area contributed by atoms with Gasteiger partial charge >= 0.3 is 0 Å². The highest BCUT2D eigenvalue weighted by atomic mass is 32.1. The number of aromatic nitrogens is 1. The number of hydrogen-bond donors (Lipinski definition) is 2. The summed E-state index contributed by atoms with van der Waals surface area (Å²) < 4.78 is 5.94. The van der Waals surface area contributed by atoms with Crippen molar-refractivity contribution < 1.29 is 14.3 Å². The maximum atomic E-state index is 12.5. The first-order valence-electron chi connectivity index (χ1n) is 9.45. The van der Waals surface area contributed by atoms with Crippen LogP contribution in [0.15, 0.2) is 53.9 Å². The van der Waals surface area contributed by atoms with Crippen molar-refractivity contribution in [2.45, 2.75) is 26.2 Å². The van der Waals surface area contributed by atoms with Crippen molar-refractivity contribution in [3.8, 4) is 11.5 Å². The first kappa shape index (κ1) is 19.1. The van der Waals surface area contributed by atoms with Crippen LogP contribution in [0.1, 0.15) is 24.1 Å². The number of thiazole rings is 1. The van der Waals surface area contributed by atoms with Gasteiger partial charge in [-0.25, -0.2) is 4.98 Å². The highest BCUT2D eigenvalue weighted by Crippen LogP contribution is 2.31. The van der Waals surface area contributed by atoms with Gasteiger partial charge in [-0.1, -0.05) is 24.3 Å². The summed E-state index contributed by atoms with van der Waals surface area (Å²) in [5.41, 5.74) is 2.31. The van der Waals surface area contributed by atoms with Crippen molar-refractivity contribution in [3.05, 3.63) is 65.2 Å². The third kappa shape index (κ3) is 5.20. The van der Waals surface area contributed by atoms with Gasteiger partial charge in [0, 0.05) is 11.3 Å². The Morgan fingerprint density at radius 2 is 1.97 bits per heavy atom. The molecule has 7 heteroatoms. The number of hydrogen-bond acceptors (Lipinski definition) is 5. The summed E-state index contributed by atoms with van der Waals surface area (Å²) in [6.07, 6.45) is 2.00. The van der Waals surface area contributed by atoms with Crippen LogP contribution in [0.2, 0.25) is 0 Å². The molecule has 3 aromatic rings. The fourth-order valence-electron chi connectivity index (χ4n) is 2.82. The zero-order chi connectivity index (χ0) is 20.2. The van der Waals surface area contributed by atoms with Crippen LogP contribution in [0.3, 0.4) is 0 Å². The molecule has 1 aromatic heterocycles. The summed E-state index contributed by atoms with van der Waals surface area (Å²) in [6.45, 7) is 2.00. The molecule has 148 valence electrons. The van der Waals surface area contributed by atoms with Gasteiger partial charge in [0.25, 0.3) is 0 Å². The van der Waals surface area contributed by atoms with E-state index in [0.29, 0.717) is 28.0 Å². The van der Waals surface area contributed by atoms with Crippen molar-refractivity contribution in [3.63, 3.8) is 0 Å². The lowest BCUT2D eigenvalue weighted by molar-refractivity contribution is -0.117. The van der Waals surface area contributed by atoms with Gasteiger partial charge in [-0.15, -0.1) is 11.3 Å². The number of nitrogens with zero attached hydrogens (tertiary/aromatic N) is 1. The number of anilines is 2. The molecule has 0 atom stereocenters. The smallest absolute Gasteiger partial charge is 0.230 e. The van der Waals surface area contributed by atoms with Crippen LogP contribution in [0.4, 0.5) is 10.8 Å². The van der Waals surface area contributed by atoms with Gasteiger partial charge in [0.05, 0.1) is 17.8 Å². The fourth-order valence-corrected chi connectivity index (χ4v) is 3.54. The Hall–Kier alpha value is -3.19. The largest absolute Gasteiger partial charge is 0.455 e. The molecule has 1 heterocycles. The molecule has 2 amide bonds. The van der Waals surface area contributed by atoms with E-state index in [0.717, 1.165) is 18.4 Å². The van der Waals surface area contributed by atoms with Crippen LogP contribution in [0.25, 0.3) is 0 Å². The number of benzene rings is 2. The van der Waals surface area contributed by atoms with E-state index < -0.39 is 0 Å². The zero-order valence-corrected chi connectivity index (χ0v) is 16.8. The third-order valence-corrected chi connectivity index (χ3v) is 5.26. The number of amides is 2. The monoisotopic (exact) mass is 407 g/mol. The average molecular weight is 407 g/mol. The molecule has 0 spiro atoms. The minimum absolute atomic E-state index is 0.0116. The topological polar surface area (TPSA) is 80.3 Å². The van der Waals surface area contributed by atoms with Crippen LogP contribution in [-0.4, -0.2) is 16.8 Å². The molecule has 0 bridgehead atoms. The van der Waals surface area contributed by atoms with Crippen molar-refractivity contribution in [2.24, 2.45) is 5.92 Å². The maximum absolute atomic E-state index is 12.5. The van der Waals surface area contributed by atoms with Gasteiger partial charge in [0.1, 0.15) is 5.75 Å². The van der Waals surface area contributed by atoms with Crippen molar-refractivity contribution >= 4 is 34.0 Å².